The van der Waals surface area contributed by atoms with Gasteiger partial charge in [0.2, 0.25) is 0 Å². The van der Waals surface area contributed by atoms with Crippen molar-refractivity contribution in [2.24, 2.45) is 0 Å². The lowest BCUT2D eigenvalue weighted by molar-refractivity contribution is 0.0693. The second kappa shape index (κ2) is 4.83. The molecule has 0 aromatic heterocycles. The van der Waals surface area contributed by atoms with Crippen molar-refractivity contribution in [3.63, 3.8) is 0 Å². The number of para-hydroxylation sites is 1. The molecular weight excluding hydrogens is 242 g/mol. The van der Waals surface area contributed by atoms with E-state index in [1.54, 1.807) is 0 Å². The number of benzene rings is 2. The Bertz CT molecular complexity index is 579. The highest BCUT2D eigenvalue weighted by molar-refractivity contribution is 5.91. The predicted molar refractivity (Wildman–Crippen MR) is 59.8 cm³/mol. The number of rotatable bonds is 3. The van der Waals surface area contributed by atoms with Gasteiger partial charge in [0.15, 0.2) is 11.6 Å². The Labute approximate surface area is 101 Å². The zero-order valence-electron chi connectivity index (χ0n) is 9.06. The molecule has 2 aromatic carbocycles. The Morgan fingerprint density at radius 2 is 1.72 bits per heavy atom. The predicted octanol–water partition coefficient (Wildman–Crippen LogP) is 3.46. The highest BCUT2D eigenvalue weighted by atomic mass is 19.1. The quantitative estimate of drug-likeness (QED) is 0.907. The Morgan fingerprint density at radius 3 is 2.33 bits per heavy atom. The summed E-state index contributed by atoms with van der Waals surface area (Å²) in [5.74, 6) is -2.79. The minimum absolute atomic E-state index is 0.156. The Balaban J connectivity index is 2.39. The third-order valence-corrected chi connectivity index (χ3v) is 2.23. The lowest BCUT2D eigenvalue weighted by Crippen LogP contribution is -2.01. The van der Waals surface area contributed by atoms with Crippen LogP contribution in [-0.2, 0) is 0 Å². The molecule has 0 saturated heterocycles. The van der Waals surface area contributed by atoms with Crippen LogP contribution in [0.1, 0.15) is 10.4 Å². The summed E-state index contributed by atoms with van der Waals surface area (Å²) < 4.78 is 31.3. The fourth-order valence-electron chi connectivity index (χ4n) is 1.40. The van der Waals surface area contributed by atoms with Gasteiger partial charge >= 0.3 is 5.97 Å². The molecule has 0 radical (unpaired) electrons. The Hall–Kier alpha value is -2.43. The molecule has 2 rings (SSSR count). The molecule has 92 valence electrons. The molecule has 0 atom stereocenters. The van der Waals surface area contributed by atoms with Crippen molar-refractivity contribution in [1.82, 2.24) is 0 Å². The molecule has 2 aromatic rings. The van der Waals surface area contributed by atoms with E-state index in [9.17, 15) is 13.6 Å². The Kier molecular flexibility index (Phi) is 3.23. The highest BCUT2D eigenvalue weighted by Gasteiger charge is 2.16. The van der Waals surface area contributed by atoms with Gasteiger partial charge in [-0.25, -0.2) is 13.6 Å². The molecule has 1 N–H and O–H groups in total. The molecule has 0 fully saturated rings. The molecule has 5 heteroatoms. The molecule has 18 heavy (non-hydrogen) atoms. The fraction of sp³-hybridized carbons (Fsp3) is 0. The first kappa shape index (κ1) is 12.0. The zero-order valence-corrected chi connectivity index (χ0v) is 9.06. The van der Waals surface area contributed by atoms with E-state index in [4.69, 9.17) is 9.84 Å². The monoisotopic (exact) mass is 250 g/mol. The number of hydrogen-bond acceptors (Lipinski definition) is 2. The van der Waals surface area contributed by atoms with Crippen LogP contribution >= 0.6 is 0 Å². The van der Waals surface area contributed by atoms with Crippen molar-refractivity contribution in [2.75, 3.05) is 0 Å². The number of carboxylic acid groups (broad SMARTS) is 1. The van der Waals surface area contributed by atoms with Crippen LogP contribution in [0, 0.1) is 11.6 Å². The largest absolute Gasteiger partial charge is 0.478 e. The summed E-state index contributed by atoms with van der Waals surface area (Å²) in [6.45, 7) is 0. The number of hydrogen-bond donors (Lipinski definition) is 1. The van der Waals surface area contributed by atoms with Gasteiger partial charge in [-0.05, 0) is 36.4 Å². The lowest BCUT2D eigenvalue weighted by Gasteiger charge is -2.09. The first-order chi connectivity index (χ1) is 8.58. The molecule has 0 amide bonds. The van der Waals surface area contributed by atoms with Gasteiger partial charge < -0.3 is 9.84 Å². The van der Waals surface area contributed by atoms with Gasteiger partial charge in [-0.1, -0.05) is 6.07 Å². The van der Waals surface area contributed by atoms with E-state index >= 15 is 0 Å². The number of aromatic carboxylic acids is 1. The summed E-state index contributed by atoms with van der Waals surface area (Å²) in [6.07, 6.45) is 0. The number of carboxylic acids is 1. The molecule has 0 aliphatic heterocycles. The van der Waals surface area contributed by atoms with Crippen LogP contribution in [0.2, 0.25) is 0 Å². The van der Waals surface area contributed by atoms with Crippen LogP contribution in [0.5, 0.6) is 11.5 Å². The van der Waals surface area contributed by atoms with E-state index in [-0.39, 0.29) is 11.3 Å². The van der Waals surface area contributed by atoms with Gasteiger partial charge in [-0.15, -0.1) is 0 Å². The third kappa shape index (κ3) is 2.45. The van der Waals surface area contributed by atoms with Crippen molar-refractivity contribution in [2.45, 2.75) is 0 Å². The van der Waals surface area contributed by atoms with E-state index in [1.165, 1.54) is 24.3 Å². The second-order valence-corrected chi connectivity index (χ2v) is 3.48. The van der Waals surface area contributed by atoms with Gasteiger partial charge in [0.05, 0.1) is 0 Å². The van der Waals surface area contributed by atoms with Gasteiger partial charge in [-0.2, -0.15) is 0 Å². The topological polar surface area (TPSA) is 46.5 Å². The van der Waals surface area contributed by atoms with Crippen LogP contribution in [0.3, 0.4) is 0 Å². The molecule has 0 unspecified atom stereocenters. The smallest absolute Gasteiger partial charge is 0.339 e. The van der Waals surface area contributed by atoms with Gasteiger partial charge in [-0.3, -0.25) is 0 Å². The van der Waals surface area contributed by atoms with Crippen molar-refractivity contribution >= 4 is 5.97 Å². The van der Waals surface area contributed by atoms with E-state index in [2.05, 4.69) is 0 Å². The molecule has 0 bridgehead atoms. The maximum atomic E-state index is 13.5. The zero-order chi connectivity index (χ0) is 13.1. The van der Waals surface area contributed by atoms with E-state index in [0.29, 0.717) is 0 Å². The third-order valence-electron chi connectivity index (χ3n) is 2.23. The average Bonchev–Trinajstić information content (AvgIpc) is 2.34. The van der Waals surface area contributed by atoms with E-state index in [0.717, 1.165) is 18.2 Å². The average molecular weight is 250 g/mol. The molecule has 3 nitrogen and oxygen atoms in total. The van der Waals surface area contributed by atoms with Crippen LogP contribution in [-0.4, -0.2) is 11.1 Å². The number of halogens is 2. The summed E-state index contributed by atoms with van der Waals surface area (Å²) in [7, 11) is 0. The molecule has 0 saturated carbocycles. The first-order valence-electron chi connectivity index (χ1n) is 5.03. The highest BCUT2D eigenvalue weighted by Crippen LogP contribution is 2.28. The van der Waals surface area contributed by atoms with E-state index < -0.39 is 23.4 Å². The maximum Gasteiger partial charge on any atom is 0.339 e. The van der Waals surface area contributed by atoms with Crippen molar-refractivity contribution in [3.8, 4) is 11.5 Å². The molecule has 0 aliphatic rings. The summed E-state index contributed by atoms with van der Waals surface area (Å²) in [4.78, 5) is 10.9. The molecule has 0 aliphatic carbocycles. The summed E-state index contributed by atoms with van der Waals surface area (Å²) in [5.41, 5.74) is -0.292. The van der Waals surface area contributed by atoms with Gasteiger partial charge in [0.1, 0.15) is 17.1 Å². The minimum Gasteiger partial charge on any atom is -0.478 e. The summed E-state index contributed by atoms with van der Waals surface area (Å²) in [6, 6.07) is 8.43. The van der Waals surface area contributed by atoms with Crippen LogP contribution in [0.15, 0.2) is 42.5 Å². The first-order valence-corrected chi connectivity index (χ1v) is 5.03. The SMILES string of the molecule is O=C(O)c1cccc(F)c1Oc1ccc(F)cc1. The van der Waals surface area contributed by atoms with Crippen molar-refractivity contribution in [3.05, 3.63) is 59.7 Å². The maximum absolute atomic E-state index is 13.5. The number of ether oxygens (including phenoxy) is 1. The molecule has 0 spiro atoms. The fourth-order valence-corrected chi connectivity index (χ4v) is 1.40. The normalized spacial score (nSPS) is 10.1. The summed E-state index contributed by atoms with van der Waals surface area (Å²) in [5, 5.41) is 8.91. The van der Waals surface area contributed by atoms with Gasteiger partial charge in [0.25, 0.3) is 0 Å². The van der Waals surface area contributed by atoms with Crippen molar-refractivity contribution < 1.29 is 23.4 Å². The van der Waals surface area contributed by atoms with Crippen LogP contribution < -0.4 is 4.74 Å². The number of carbonyl (C=O) groups is 1. The minimum atomic E-state index is -1.30. The van der Waals surface area contributed by atoms with Crippen LogP contribution in [0.4, 0.5) is 8.78 Å². The van der Waals surface area contributed by atoms with Gasteiger partial charge in [0, 0.05) is 0 Å². The van der Waals surface area contributed by atoms with Crippen molar-refractivity contribution in [1.29, 1.82) is 0 Å². The molecular formula is C13H8F2O3. The Morgan fingerprint density at radius 1 is 1.06 bits per heavy atom. The summed E-state index contributed by atoms with van der Waals surface area (Å²) >= 11 is 0. The van der Waals surface area contributed by atoms with E-state index in [1.807, 2.05) is 0 Å². The second-order valence-electron chi connectivity index (χ2n) is 3.48. The standard InChI is InChI=1S/C13H8F2O3/c14-8-4-6-9(7-5-8)18-12-10(13(16)17)2-1-3-11(12)15/h1-7H,(H,16,17). The van der Waals surface area contributed by atoms with Crippen LogP contribution in [0.25, 0.3) is 0 Å². The molecule has 0 heterocycles. The lowest BCUT2D eigenvalue weighted by atomic mass is 10.2.